The zero-order valence-electron chi connectivity index (χ0n) is 18.7. The van der Waals surface area contributed by atoms with E-state index >= 15 is 0 Å². The van der Waals surface area contributed by atoms with Crippen molar-refractivity contribution in [3.63, 3.8) is 0 Å². The summed E-state index contributed by atoms with van der Waals surface area (Å²) in [5.41, 5.74) is 2.93. The summed E-state index contributed by atoms with van der Waals surface area (Å²) in [5, 5.41) is 16.2. The predicted octanol–water partition coefficient (Wildman–Crippen LogP) is 3.61. The Morgan fingerprint density at radius 1 is 1.06 bits per heavy atom. The third-order valence-corrected chi connectivity index (χ3v) is 5.17. The average molecular weight is 431 g/mol. The third kappa shape index (κ3) is 4.44. The number of aromatic nitrogens is 5. The fourth-order valence-electron chi connectivity index (χ4n) is 3.38. The molecule has 4 rings (SSSR count). The molecular weight excluding hydrogens is 404 g/mol. The van der Waals surface area contributed by atoms with Crippen molar-refractivity contribution in [2.45, 2.75) is 46.1 Å². The van der Waals surface area contributed by atoms with Crippen molar-refractivity contribution < 1.29 is 4.79 Å². The third-order valence-electron chi connectivity index (χ3n) is 5.17. The van der Waals surface area contributed by atoms with E-state index in [2.05, 4.69) is 36.4 Å². The lowest BCUT2D eigenvalue weighted by molar-refractivity contribution is -0.116. The molecule has 2 heterocycles. The molecule has 1 N–H and O–H groups in total. The van der Waals surface area contributed by atoms with Crippen molar-refractivity contribution in [3.05, 3.63) is 76.2 Å². The molecule has 4 aromatic rings. The largest absolute Gasteiger partial charge is 0.311 e. The molecule has 0 fully saturated rings. The van der Waals surface area contributed by atoms with Crippen molar-refractivity contribution in [1.82, 2.24) is 24.8 Å². The first kappa shape index (κ1) is 21.4. The van der Waals surface area contributed by atoms with Crippen LogP contribution in [-0.2, 0) is 16.8 Å². The van der Waals surface area contributed by atoms with Gasteiger partial charge in [0.15, 0.2) is 0 Å². The standard InChI is InChI=1S/C24H26N6O2/c1-16-8-7-9-17(14-16)30-21(15-20(27-30)24(2,3)4)25-22(31)12-13-29-23(32)18-10-5-6-11-19(18)26-28-29/h5-11,14-15H,12-13H2,1-4H3,(H,25,31). The molecule has 0 aliphatic carbocycles. The van der Waals surface area contributed by atoms with Gasteiger partial charge in [0.25, 0.3) is 5.56 Å². The van der Waals surface area contributed by atoms with E-state index in [-0.39, 0.29) is 29.8 Å². The highest BCUT2D eigenvalue weighted by molar-refractivity contribution is 5.90. The fraction of sp³-hybridized carbons (Fsp3) is 0.292. The monoisotopic (exact) mass is 430 g/mol. The highest BCUT2D eigenvalue weighted by atomic mass is 16.2. The second kappa shape index (κ2) is 8.37. The maximum absolute atomic E-state index is 12.8. The Morgan fingerprint density at radius 3 is 2.59 bits per heavy atom. The molecule has 1 amide bonds. The van der Waals surface area contributed by atoms with Gasteiger partial charge in [0.2, 0.25) is 5.91 Å². The van der Waals surface area contributed by atoms with Crippen molar-refractivity contribution in [1.29, 1.82) is 0 Å². The summed E-state index contributed by atoms with van der Waals surface area (Å²) in [6.45, 7) is 8.37. The number of nitrogens with one attached hydrogen (secondary N) is 1. The number of benzene rings is 2. The molecule has 0 spiro atoms. The van der Waals surface area contributed by atoms with E-state index < -0.39 is 0 Å². The van der Waals surface area contributed by atoms with Gasteiger partial charge >= 0.3 is 0 Å². The van der Waals surface area contributed by atoms with Crippen LogP contribution in [0.2, 0.25) is 0 Å². The maximum Gasteiger partial charge on any atom is 0.277 e. The lowest BCUT2D eigenvalue weighted by Crippen LogP contribution is -2.26. The molecule has 0 unspecified atom stereocenters. The molecule has 8 nitrogen and oxygen atoms in total. The Balaban J connectivity index is 1.56. The molecule has 0 saturated carbocycles. The molecule has 8 heteroatoms. The SMILES string of the molecule is Cc1cccc(-n2nc(C(C)(C)C)cc2NC(=O)CCn2nnc3ccccc3c2=O)c1. The minimum atomic E-state index is -0.261. The summed E-state index contributed by atoms with van der Waals surface area (Å²) in [7, 11) is 0. The van der Waals surface area contributed by atoms with Crippen LogP contribution in [0.15, 0.2) is 59.4 Å². The number of hydrogen-bond acceptors (Lipinski definition) is 5. The molecular formula is C24H26N6O2. The van der Waals surface area contributed by atoms with E-state index in [1.165, 1.54) is 4.68 Å². The molecule has 0 aliphatic rings. The molecule has 2 aromatic heterocycles. The zero-order chi connectivity index (χ0) is 22.9. The predicted molar refractivity (Wildman–Crippen MR) is 124 cm³/mol. The first-order valence-corrected chi connectivity index (χ1v) is 10.5. The van der Waals surface area contributed by atoms with Crippen LogP contribution in [-0.4, -0.2) is 30.7 Å². The molecule has 164 valence electrons. The number of hydrogen-bond donors (Lipinski definition) is 1. The summed E-state index contributed by atoms with van der Waals surface area (Å²) in [6.07, 6.45) is 0.0801. The van der Waals surface area contributed by atoms with Crippen LogP contribution in [0.4, 0.5) is 5.82 Å². The van der Waals surface area contributed by atoms with Gasteiger partial charge in [-0.1, -0.05) is 50.3 Å². The van der Waals surface area contributed by atoms with Gasteiger partial charge in [-0.3, -0.25) is 9.59 Å². The van der Waals surface area contributed by atoms with Crippen molar-refractivity contribution in [2.75, 3.05) is 5.32 Å². The first-order valence-electron chi connectivity index (χ1n) is 10.5. The number of carbonyl (C=O) groups is 1. The van der Waals surface area contributed by atoms with Crippen LogP contribution in [0.1, 0.15) is 38.4 Å². The molecule has 32 heavy (non-hydrogen) atoms. The molecule has 2 aromatic carbocycles. The van der Waals surface area contributed by atoms with Crippen molar-refractivity contribution in [3.8, 4) is 5.69 Å². The van der Waals surface area contributed by atoms with Crippen LogP contribution in [0, 0.1) is 6.92 Å². The van der Waals surface area contributed by atoms with Crippen LogP contribution in [0.5, 0.6) is 0 Å². The fourth-order valence-corrected chi connectivity index (χ4v) is 3.38. The van der Waals surface area contributed by atoms with Crippen LogP contribution in [0.25, 0.3) is 16.6 Å². The van der Waals surface area contributed by atoms with Gasteiger partial charge in [-0.2, -0.15) is 5.10 Å². The van der Waals surface area contributed by atoms with Crippen molar-refractivity contribution in [2.24, 2.45) is 0 Å². The van der Waals surface area contributed by atoms with E-state index in [4.69, 9.17) is 5.10 Å². The number of carbonyl (C=O) groups excluding carboxylic acids is 1. The summed E-state index contributed by atoms with van der Waals surface area (Å²) in [6, 6.07) is 16.8. The van der Waals surface area contributed by atoms with Gasteiger partial charge in [0.1, 0.15) is 11.3 Å². The van der Waals surface area contributed by atoms with Gasteiger partial charge < -0.3 is 5.32 Å². The minimum absolute atomic E-state index is 0.0801. The maximum atomic E-state index is 12.8. The smallest absolute Gasteiger partial charge is 0.277 e. The minimum Gasteiger partial charge on any atom is -0.311 e. The molecule has 0 atom stereocenters. The second-order valence-corrected chi connectivity index (χ2v) is 8.85. The Morgan fingerprint density at radius 2 is 1.84 bits per heavy atom. The normalized spacial score (nSPS) is 11.6. The van der Waals surface area contributed by atoms with Gasteiger partial charge in [0, 0.05) is 17.9 Å². The summed E-state index contributed by atoms with van der Waals surface area (Å²) < 4.78 is 2.97. The zero-order valence-corrected chi connectivity index (χ0v) is 18.7. The quantitative estimate of drug-likeness (QED) is 0.522. The van der Waals surface area contributed by atoms with E-state index in [0.717, 1.165) is 16.9 Å². The van der Waals surface area contributed by atoms with Crippen molar-refractivity contribution >= 4 is 22.6 Å². The summed E-state index contributed by atoms with van der Waals surface area (Å²) in [5.74, 6) is 0.351. The Labute approximate surface area is 185 Å². The lowest BCUT2D eigenvalue weighted by Gasteiger charge is -2.14. The Bertz CT molecular complexity index is 1350. The molecule has 0 bridgehead atoms. The topological polar surface area (TPSA) is 94.7 Å². The molecule has 0 aliphatic heterocycles. The molecule has 0 radical (unpaired) electrons. The van der Waals surface area contributed by atoms with E-state index in [0.29, 0.717) is 16.7 Å². The van der Waals surface area contributed by atoms with Gasteiger partial charge in [-0.05, 0) is 36.8 Å². The highest BCUT2D eigenvalue weighted by Crippen LogP contribution is 2.26. The Hall–Kier alpha value is -3.81. The number of nitrogens with zero attached hydrogens (tertiary/aromatic N) is 5. The number of fused-ring (bicyclic) bond motifs is 1. The number of anilines is 1. The summed E-state index contributed by atoms with van der Waals surface area (Å²) in [4.78, 5) is 25.4. The Kier molecular flexibility index (Phi) is 5.61. The number of amides is 1. The van der Waals surface area contributed by atoms with Crippen LogP contribution < -0.4 is 10.9 Å². The van der Waals surface area contributed by atoms with E-state index in [1.54, 1.807) is 28.9 Å². The number of aryl methyl sites for hydroxylation is 2. The van der Waals surface area contributed by atoms with E-state index in [1.807, 2.05) is 37.3 Å². The van der Waals surface area contributed by atoms with Crippen LogP contribution in [0.3, 0.4) is 0 Å². The second-order valence-electron chi connectivity index (χ2n) is 8.85. The van der Waals surface area contributed by atoms with Gasteiger partial charge in [0.05, 0.1) is 23.3 Å². The first-order chi connectivity index (χ1) is 15.2. The van der Waals surface area contributed by atoms with E-state index in [9.17, 15) is 9.59 Å². The average Bonchev–Trinajstić information content (AvgIpc) is 3.18. The van der Waals surface area contributed by atoms with Crippen LogP contribution >= 0.6 is 0 Å². The summed E-state index contributed by atoms with van der Waals surface area (Å²) >= 11 is 0. The number of rotatable bonds is 5. The molecule has 0 saturated heterocycles. The highest BCUT2D eigenvalue weighted by Gasteiger charge is 2.21. The van der Waals surface area contributed by atoms with Gasteiger partial charge in [-0.25, -0.2) is 9.36 Å². The van der Waals surface area contributed by atoms with Gasteiger partial charge in [-0.15, -0.1) is 5.10 Å². The lowest BCUT2D eigenvalue weighted by atomic mass is 9.92.